The van der Waals surface area contributed by atoms with Crippen molar-refractivity contribution in [2.24, 2.45) is 23.2 Å². The number of ether oxygens (including phenoxy) is 1. The van der Waals surface area contributed by atoms with Gasteiger partial charge in [0.2, 0.25) is 0 Å². The fourth-order valence-corrected chi connectivity index (χ4v) is 6.12. The lowest BCUT2D eigenvalue weighted by molar-refractivity contribution is -0.185. The highest BCUT2D eigenvalue weighted by molar-refractivity contribution is 5.89. The van der Waals surface area contributed by atoms with E-state index < -0.39 is 47.2 Å². The standard InChI is InChI=1S/C29H35F6NO3/c1-15(2)25(36-23-14-21(26(37)38)27(23,3)4)17-5-11-20-16(13-17)6-12-22(24(20)29(33,34)35)39-19-9-7-18(8-10-19)28(30,31)32/h5-6,11-13,15,18-19,21,23,25,36H,7-10,14H2,1-4H3,(H,37,38)/t18-,19+,21?,23?,25?. The number of carbonyl (C=O) groups is 1. The van der Waals surface area contributed by atoms with Crippen LogP contribution in [0.1, 0.15) is 77.0 Å². The van der Waals surface area contributed by atoms with E-state index in [0.717, 1.165) is 5.56 Å². The summed E-state index contributed by atoms with van der Waals surface area (Å²) < 4.78 is 87.4. The third-order valence-electron chi connectivity index (χ3n) is 8.69. The Bertz CT molecular complexity index is 1200. The Morgan fingerprint density at radius 2 is 1.67 bits per heavy atom. The maximum Gasteiger partial charge on any atom is 0.420 e. The zero-order chi connectivity index (χ0) is 28.9. The molecule has 3 unspecified atom stereocenters. The quantitative estimate of drug-likeness (QED) is 0.336. The van der Waals surface area contributed by atoms with Crippen LogP contribution < -0.4 is 10.1 Å². The molecule has 10 heteroatoms. The van der Waals surface area contributed by atoms with Crippen LogP contribution in [0.5, 0.6) is 5.75 Å². The molecular formula is C29H35F6NO3. The second-order valence-corrected chi connectivity index (χ2v) is 11.9. The molecule has 0 spiro atoms. The maximum atomic E-state index is 14.3. The van der Waals surface area contributed by atoms with Crippen molar-refractivity contribution in [1.82, 2.24) is 5.32 Å². The van der Waals surface area contributed by atoms with Crippen molar-refractivity contribution in [2.75, 3.05) is 0 Å². The van der Waals surface area contributed by atoms with Crippen molar-refractivity contribution in [3.05, 3.63) is 41.5 Å². The zero-order valence-electron chi connectivity index (χ0n) is 22.4. The highest BCUT2D eigenvalue weighted by Gasteiger charge is 2.52. The summed E-state index contributed by atoms with van der Waals surface area (Å²) >= 11 is 0. The molecule has 216 valence electrons. The third kappa shape index (κ3) is 6.00. The Balaban J connectivity index is 1.59. The van der Waals surface area contributed by atoms with Crippen molar-refractivity contribution >= 4 is 16.7 Å². The minimum atomic E-state index is -4.73. The number of nitrogens with one attached hydrogen (secondary N) is 1. The van der Waals surface area contributed by atoms with Crippen LogP contribution in [-0.4, -0.2) is 29.4 Å². The molecule has 4 nitrogen and oxygen atoms in total. The van der Waals surface area contributed by atoms with E-state index in [-0.39, 0.29) is 54.8 Å². The predicted octanol–water partition coefficient (Wildman–Crippen LogP) is 8.14. The Hall–Kier alpha value is -2.49. The molecule has 0 bridgehead atoms. The predicted molar refractivity (Wildman–Crippen MR) is 135 cm³/mol. The van der Waals surface area contributed by atoms with Gasteiger partial charge in [-0.3, -0.25) is 4.79 Å². The number of benzene rings is 2. The minimum Gasteiger partial charge on any atom is -0.490 e. The molecular weight excluding hydrogens is 524 g/mol. The molecule has 2 aromatic carbocycles. The van der Waals surface area contributed by atoms with E-state index in [1.807, 2.05) is 27.7 Å². The summed E-state index contributed by atoms with van der Waals surface area (Å²) in [7, 11) is 0. The summed E-state index contributed by atoms with van der Waals surface area (Å²) in [5, 5.41) is 13.3. The summed E-state index contributed by atoms with van der Waals surface area (Å²) in [6.45, 7) is 7.79. The highest BCUT2D eigenvalue weighted by Crippen LogP contribution is 2.48. The Kier molecular flexibility index (Phi) is 7.93. The van der Waals surface area contributed by atoms with Gasteiger partial charge in [0.25, 0.3) is 0 Å². The summed E-state index contributed by atoms with van der Waals surface area (Å²) in [5.41, 5.74) is -0.604. The van der Waals surface area contributed by atoms with Crippen LogP contribution >= 0.6 is 0 Å². The Labute approximate surface area is 224 Å². The molecule has 0 amide bonds. The number of fused-ring (bicyclic) bond motifs is 1. The van der Waals surface area contributed by atoms with Gasteiger partial charge in [0, 0.05) is 12.1 Å². The van der Waals surface area contributed by atoms with E-state index in [4.69, 9.17) is 4.74 Å². The van der Waals surface area contributed by atoms with Gasteiger partial charge in [-0.25, -0.2) is 0 Å². The van der Waals surface area contributed by atoms with Crippen molar-refractivity contribution in [3.8, 4) is 5.75 Å². The molecule has 39 heavy (non-hydrogen) atoms. The van der Waals surface area contributed by atoms with Crippen molar-refractivity contribution in [3.63, 3.8) is 0 Å². The van der Waals surface area contributed by atoms with Crippen molar-refractivity contribution in [2.45, 2.75) is 90.3 Å². The van der Waals surface area contributed by atoms with Gasteiger partial charge in [-0.2, -0.15) is 26.3 Å². The SMILES string of the molecule is CC(C)C(NC1CC(C(=O)O)C1(C)C)c1ccc2c(C(F)(F)F)c(O[C@H]3CC[C@@H](C(F)(F)F)CC3)ccc2c1. The van der Waals surface area contributed by atoms with Crippen LogP contribution in [-0.2, 0) is 11.0 Å². The molecule has 0 aliphatic heterocycles. The van der Waals surface area contributed by atoms with Crippen LogP contribution in [0.25, 0.3) is 10.8 Å². The molecule has 2 fully saturated rings. The molecule has 2 saturated carbocycles. The number of carboxylic acids is 1. The first-order chi connectivity index (χ1) is 18.0. The number of hydrogen-bond acceptors (Lipinski definition) is 3. The molecule has 4 rings (SSSR count). The first-order valence-electron chi connectivity index (χ1n) is 13.4. The number of halogens is 6. The fraction of sp³-hybridized carbons (Fsp3) is 0.621. The smallest absolute Gasteiger partial charge is 0.420 e. The highest BCUT2D eigenvalue weighted by atomic mass is 19.4. The number of carboxylic acid groups (broad SMARTS) is 1. The first-order valence-corrected chi connectivity index (χ1v) is 13.4. The van der Waals surface area contributed by atoms with Gasteiger partial charge in [-0.05, 0) is 71.9 Å². The first kappa shape index (κ1) is 29.5. The minimum absolute atomic E-state index is 0.0369. The van der Waals surface area contributed by atoms with Gasteiger partial charge in [-0.1, -0.05) is 45.9 Å². The van der Waals surface area contributed by atoms with Crippen molar-refractivity contribution in [1.29, 1.82) is 0 Å². The molecule has 3 atom stereocenters. The molecule has 2 aliphatic carbocycles. The van der Waals surface area contributed by atoms with E-state index in [9.17, 15) is 36.2 Å². The lowest BCUT2D eigenvalue weighted by Gasteiger charge is -2.52. The van der Waals surface area contributed by atoms with Crippen LogP contribution in [0, 0.1) is 23.2 Å². The van der Waals surface area contributed by atoms with Gasteiger partial charge in [0.15, 0.2) is 0 Å². The van der Waals surface area contributed by atoms with E-state index in [0.29, 0.717) is 11.8 Å². The van der Waals surface area contributed by atoms with Gasteiger partial charge in [0.05, 0.1) is 17.9 Å². The topological polar surface area (TPSA) is 58.6 Å². The number of rotatable bonds is 7. The molecule has 2 N–H and O–H groups in total. The second-order valence-electron chi connectivity index (χ2n) is 11.9. The summed E-state index contributed by atoms with van der Waals surface area (Å²) in [5.74, 6) is -3.03. The van der Waals surface area contributed by atoms with Gasteiger partial charge in [-0.15, -0.1) is 0 Å². The van der Waals surface area contributed by atoms with E-state index in [2.05, 4.69) is 5.32 Å². The van der Waals surface area contributed by atoms with Gasteiger partial charge in [0.1, 0.15) is 11.3 Å². The molecule has 0 aromatic heterocycles. The van der Waals surface area contributed by atoms with Crippen LogP contribution in [0.2, 0.25) is 0 Å². The average molecular weight is 560 g/mol. The molecule has 2 aliphatic rings. The lowest BCUT2D eigenvalue weighted by Crippen LogP contribution is -2.60. The van der Waals surface area contributed by atoms with E-state index in [1.54, 1.807) is 18.2 Å². The summed E-state index contributed by atoms with van der Waals surface area (Å²) in [6.07, 6.45) is -9.52. The Morgan fingerprint density at radius 1 is 1.03 bits per heavy atom. The number of alkyl halides is 6. The fourth-order valence-electron chi connectivity index (χ4n) is 6.12. The van der Waals surface area contributed by atoms with Crippen molar-refractivity contribution < 1.29 is 41.0 Å². The number of aliphatic carboxylic acids is 1. The molecule has 2 aromatic rings. The second kappa shape index (κ2) is 10.5. The Morgan fingerprint density at radius 3 is 2.18 bits per heavy atom. The van der Waals surface area contributed by atoms with E-state index in [1.165, 1.54) is 12.1 Å². The summed E-state index contributed by atoms with van der Waals surface area (Å²) in [4.78, 5) is 11.5. The van der Waals surface area contributed by atoms with E-state index >= 15 is 0 Å². The van der Waals surface area contributed by atoms with Crippen LogP contribution in [0.15, 0.2) is 30.3 Å². The lowest BCUT2D eigenvalue weighted by atomic mass is 9.58. The monoisotopic (exact) mass is 559 g/mol. The van der Waals surface area contributed by atoms with Gasteiger partial charge < -0.3 is 15.2 Å². The van der Waals surface area contributed by atoms with Crippen LogP contribution in [0.3, 0.4) is 0 Å². The normalized spacial score (nSPS) is 26.3. The average Bonchev–Trinajstić information content (AvgIpc) is 2.81. The molecule has 0 saturated heterocycles. The summed E-state index contributed by atoms with van der Waals surface area (Å²) in [6, 6.07) is 7.32. The zero-order valence-corrected chi connectivity index (χ0v) is 22.4. The number of hydrogen-bond donors (Lipinski definition) is 2. The third-order valence-corrected chi connectivity index (χ3v) is 8.69. The molecule has 0 heterocycles. The largest absolute Gasteiger partial charge is 0.490 e. The van der Waals surface area contributed by atoms with Crippen LogP contribution in [0.4, 0.5) is 26.3 Å². The molecule has 0 radical (unpaired) electrons. The maximum absolute atomic E-state index is 14.3. The van der Waals surface area contributed by atoms with Gasteiger partial charge >= 0.3 is 18.3 Å².